The van der Waals surface area contributed by atoms with Crippen molar-refractivity contribution in [1.29, 1.82) is 0 Å². The first kappa shape index (κ1) is 22.5. The number of ether oxygens (including phenoxy) is 1. The number of aryl methyl sites for hydroxylation is 1. The molecule has 1 fully saturated rings. The summed E-state index contributed by atoms with van der Waals surface area (Å²) >= 11 is 6.33. The van der Waals surface area contributed by atoms with Crippen molar-refractivity contribution in [1.82, 2.24) is 4.98 Å². The van der Waals surface area contributed by atoms with E-state index < -0.39 is 0 Å². The van der Waals surface area contributed by atoms with Gasteiger partial charge in [0.05, 0.1) is 10.7 Å². The lowest BCUT2D eigenvalue weighted by molar-refractivity contribution is -0.118. The Morgan fingerprint density at radius 1 is 1.06 bits per heavy atom. The van der Waals surface area contributed by atoms with Gasteiger partial charge >= 0.3 is 0 Å². The van der Waals surface area contributed by atoms with Gasteiger partial charge in [0.25, 0.3) is 5.91 Å². The first-order chi connectivity index (χ1) is 16.5. The second-order valence-electron chi connectivity index (χ2n) is 8.93. The van der Waals surface area contributed by atoms with Crippen molar-refractivity contribution in [2.75, 3.05) is 11.9 Å². The van der Waals surface area contributed by atoms with E-state index in [1.54, 1.807) is 12.1 Å². The second-order valence-corrected chi connectivity index (χ2v) is 9.33. The van der Waals surface area contributed by atoms with Gasteiger partial charge in [0.2, 0.25) is 5.89 Å². The van der Waals surface area contributed by atoms with Crippen molar-refractivity contribution in [2.24, 2.45) is 0 Å². The molecule has 1 aliphatic rings. The highest BCUT2D eigenvalue weighted by Crippen LogP contribution is 2.33. The number of nitrogens with one attached hydrogen (secondary N) is 1. The van der Waals surface area contributed by atoms with E-state index in [1.165, 1.54) is 37.7 Å². The molecule has 0 atom stereocenters. The Morgan fingerprint density at radius 2 is 1.85 bits per heavy atom. The van der Waals surface area contributed by atoms with Crippen LogP contribution in [0.2, 0.25) is 5.02 Å². The number of benzene rings is 3. The molecule has 3 aromatic carbocycles. The number of aromatic nitrogens is 1. The molecule has 4 aromatic rings. The fraction of sp³-hybridized carbons (Fsp3) is 0.286. The molecule has 1 aromatic heterocycles. The highest BCUT2D eigenvalue weighted by Gasteiger charge is 2.16. The monoisotopic (exact) mass is 474 g/mol. The lowest BCUT2D eigenvalue weighted by atomic mass is 9.84. The highest BCUT2D eigenvalue weighted by atomic mass is 35.5. The molecule has 6 heteroatoms. The third-order valence-corrected chi connectivity index (χ3v) is 6.69. The Kier molecular flexibility index (Phi) is 6.54. The van der Waals surface area contributed by atoms with Crippen LogP contribution in [0.5, 0.6) is 5.75 Å². The minimum absolute atomic E-state index is 0.106. The van der Waals surface area contributed by atoms with Crippen LogP contribution in [0.15, 0.2) is 65.1 Å². The molecule has 0 radical (unpaired) electrons. The Balaban J connectivity index is 1.22. The topological polar surface area (TPSA) is 64.4 Å². The second kappa shape index (κ2) is 9.90. The predicted octanol–water partition coefficient (Wildman–Crippen LogP) is 7.52. The zero-order valence-electron chi connectivity index (χ0n) is 19.1. The quantitative estimate of drug-likeness (QED) is 0.314. The van der Waals surface area contributed by atoms with Gasteiger partial charge in [-0.05, 0) is 79.3 Å². The summed E-state index contributed by atoms with van der Waals surface area (Å²) in [6, 6.07) is 19.3. The predicted molar refractivity (Wildman–Crippen MR) is 136 cm³/mol. The van der Waals surface area contributed by atoms with Crippen LogP contribution in [0.4, 0.5) is 5.69 Å². The third-order valence-electron chi connectivity index (χ3n) is 6.36. The minimum Gasteiger partial charge on any atom is -0.484 e. The molecule has 0 unspecified atom stereocenters. The number of carbonyl (C=O) groups is 1. The summed E-state index contributed by atoms with van der Waals surface area (Å²) in [7, 11) is 0. The fourth-order valence-electron chi connectivity index (χ4n) is 4.52. The average molecular weight is 475 g/mol. The Bertz CT molecular complexity index is 1310. The maximum absolute atomic E-state index is 12.5. The maximum Gasteiger partial charge on any atom is 0.262 e. The number of oxazole rings is 1. The fourth-order valence-corrected chi connectivity index (χ4v) is 4.68. The molecule has 1 N–H and O–H groups in total. The number of fused-ring (bicyclic) bond motifs is 1. The number of rotatable bonds is 6. The third kappa shape index (κ3) is 5.10. The molecule has 1 heterocycles. The molecule has 1 amide bonds. The summed E-state index contributed by atoms with van der Waals surface area (Å²) in [4.78, 5) is 17.1. The Labute approximate surface area is 204 Å². The minimum atomic E-state index is -0.288. The van der Waals surface area contributed by atoms with Gasteiger partial charge in [-0.1, -0.05) is 49.1 Å². The summed E-state index contributed by atoms with van der Waals surface area (Å²) in [6.07, 6.45) is 6.46. The molecule has 0 saturated heterocycles. The van der Waals surface area contributed by atoms with E-state index >= 15 is 0 Å². The van der Waals surface area contributed by atoms with Crippen LogP contribution in [0.25, 0.3) is 22.6 Å². The first-order valence-electron chi connectivity index (χ1n) is 11.7. The van der Waals surface area contributed by atoms with Crippen LogP contribution in [0, 0.1) is 6.92 Å². The SMILES string of the molecule is Cc1ccc2nc(-c3ccc(Cl)c(NC(=O)COc4ccc(C5CCCCC5)cc4)c3)oc2c1. The summed E-state index contributed by atoms with van der Waals surface area (Å²) in [5.41, 5.74) is 5.17. The van der Waals surface area contributed by atoms with E-state index in [9.17, 15) is 4.79 Å². The van der Waals surface area contributed by atoms with E-state index in [2.05, 4.69) is 22.4 Å². The summed E-state index contributed by atoms with van der Waals surface area (Å²) in [5, 5.41) is 3.26. The molecular formula is C28H27ClN2O3. The van der Waals surface area contributed by atoms with Crippen LogP contribution in [0.1, 0.15) is 49.1 Å². The van der Waals surface area contributed by atoms with Gasteiger partial charge in [-0.25, -0.2) is 4.98 Å². The summed E-state index contributed by atoms with van der Waals surface area (Å²) < 4.78 is 11.6. The highest BCUT2D eigenvalue weighted by molar-refractivity contribution is 6.33. The van der Waals surface area contributed by atoms with E-state index in [4.69, 9.17) is 20.8 Å². The van der Waals surface area contributed by atoms with Gasteiger partial charge in [-0.2, -0.15) is 0 Å². The molecule has 1 aliphatic carbocycles. The van der Waals surface area contributed by atoms with Crippen LogP contribution in [-0.2, 0) is 4.79 Å². The first-order valence-corrected chi connectivity index (χ1v) is 12.1. The number of carbonyl (C=O) groups excluding carboxylic acids is 1. The van der Waals surface area contributed by atoms with Crippen molar-refractivity contribution in [3.63, 3.8) is 0 Å². The number of anilines is 1. The molecule has 5 nitrogen and oxygen atoms in total. The van der Waals surface area contributed by atoms with Gasteiger partial charge in [-0.15, -0.1) is 0 Å². The lowest BCUT2D eigenvalue weighted by Gasteiger charge is -2.22. The van der Waals surface area contributed by atoms with E-state index in [0.29, 0.717) is 28.3 Å². The Morgan fingerprint density at radius 3 is 2.65 bits per heavy atom. The lowest BCUT2D eigenvalue weighted by Crippen LogP contribution is -2.20. The normalized spacial score (nSPS) is 14.3. The van der Waals surface area contributed by atoms with E-state index in [0.717, 1.165) is 22.2 Å². The summed E-state index contributed by atoms with van der Waals surface area (Å²) in [6.45, 7) is 1.90. The van der Waals surface area contributed by atoms with E-state index in [-0.39, 0.29) is 12.5 Å². The number of hydrogen-bond donors (Lipinski definition) is 1. The maximum atomic E-state index is 12.5. The average Bonchev–Trinajstić information content (AvgIpc) is 3.28. The zero-order valence-corrected chi connectivity index (χ0v) is 19.9. The van der Waals surface area contributed by atoms with Crippen molar-refractivity contribution in [2.45, 2.75) is 44.9 Å². The van der Waals surface area contributed by atoms with Crippen molar-refractivity contribution in [3.8, 4) is 17.2 Å². The molecule has 0 spiro atoms. The number of halogens is 1. The molecule has 34 heavy (non-hydrogen) atoms. The van der Waals surface area contributed by atoms with Gasteiger partial charge in [-0.3, -0.25) is 4.79 Å². The Hall–Kier alpha value is -3.31. The number of nitrogens with zero attached hydrogens (tertiary/aromatic N) is 1. The van der Waals surface area contributed by atoms with Crippen molar-refractivity contribution < 1.29 is 13.9 Å². The number of hydrogen-bond acceptors (Lipinski definition) is 4. The smallest absolute Gasteiger partial charge is 0.262 e. The van der Waals surface area contributed by atoms with Gasteiger partial charge in [0.15, 0.2) is 12.2 Å². The van der Waals surface area contributed by atoms with Crippen LogP contribution >= 0.6 is 11.6 Å². The molecule has 1 saturated carbocycles. The van der Waals surface area contributed by atoms with Gasteiger partial charge in [0, 0.05) is 5.56 Å². The molecule has 0 aliphatic heterocycles. The van der Waals surface area contributed by atoms with Gasteiger partial charge < -0.3 is 14.5 Å². The standard InChI is InChI=1S/C28H27ClN2O3/c1-18-7-14-24-26(15-18)34-28(31-24)21-10-13-23(29)25(16-21)30-27(32)17-33-22-11-8-20(9-12-22)19-5-3-2-4-6-19/h7-16,19H,2-6,17H2,1H3,(H,30,32). The van der Waals surface area contributed by atoms with Crippen LogP contribution < -0.4 is 10.1 Å². The molecule has 5 rings (SSSR count). The zero-order chi connectivity index (χ0) is 23.5. The van der Waals surface area contributed by atoms with Gasteiger partial charge in [0.1, 0.15) is 11.3 Å². The molecular weight excluding hydrogens is 448 g/mol. The van der Waals surface area contributed by atoms with Crippen molar-refractivity contribution in [3.05, 3.63) is 76.8 Å². The molecule has 174 valence electrons. The summed E-state index contributed by atoms with van der Waals surface area (Å²) in [5.74, 6) is 1.51. The number of amides is 1. The molecule has 0 bridgehead atoms. The van der Waals surface area contributed by atoms with Crippen LogP contribution in [0.3, 0.4) is 0 Å². The largest absolute Gasteiger partial charge is 0.484 e. The van der Waals surface area contributed by atoms with Crippen molar-refractivity contribution >= 4 is 34.3 Å². The van der Waals surface area contributed by atoms with E-state index in [1.807, 2.05) is 43.3 Å². The van der Waals surface area contributed by atoms with Crippen LogP contribution in [-0.4, -0.2) is 17.5 Å².